The highest BCUT2D eigenvalue weighted by Gasteiger charge is 2.29. The highest BCUT2D eigenvalue weighted by Crippen LogP contribution is 2.30. The number of carbonyl (C=O) groups is 2. The number of carboxylic acid groups (broad SMARTS) is 1. The van der Waals surface area contributed by atoms with E-state index in [0.717, 1.165) is 24.6 Å². The first-order valence-corrected chi connectivity index (χ1v) is 5.68. The van der Waals surface area contributed by atoms with Crippen LogP contribution in [-0.2, 0) is 4.79 Å². The average molecular weight is 241 g/mol. The summed E-state index contributed by atoms with van der Waals surface area (Å²) in [5, 5.41) is 8.74. The van der Waals surface area contributed by atoms with Gasteiger partial charge in [-0.3, -0.25) is 9.59 Å². The molecule has 1 aromatic rings. The lowest BCUT2D eigenvalue weighted by Crippen LogP contribution is -2.37. The van der Waals surface area contributed by atoms with Crippen molar-refractivity contribution in [3.8, 4) is 0 Å². The quantitative estimate of drug-likeness (QED) is 0.810. The Hall–Kier alpha value is -1.50. The van der Waals surface area contributed by atoms with Crippen molar-refractivity contribution in [3.05, 3.63) is 11.9 Å². The molecule has 1 aromatic heterocycles. The number of amides is 1. The first-order valence-electron chi connectivity index (χ1n) is 4.95. The Morgan fingerprint density at radius 2 is 2.31 bits per heavy atom. The van der Waals surface area contributed by atoms with Gasteiger partial charge in [-0.15, -0.1) is 0 Å². The highest BCUT2D eigenvalue weighted by atomic mass is 32.1. The van der Waals surface area contributed by atoms with E-state index in [0.29, 0.717) is 12.5 Å². The maximum atomic E-state index is 11.9. The Kier molecular flexibility index (Phi) is 3.14. The minimum atomic E-state index is -1.00. The zero-order chi connectivity index (χ0) is 11.5. The van der Waals surface area contributed by atoms with Gasteiger partial charge < -0.3 is 10.0 Å². The van der Waals surface area contributed by atoms with Crippen molar-refractivity contribution in [2.75, 3.05) is 13.1 Å². The van der Waals surface area contributed by atoms with Crippen LogP contribution in [0, 0.1) is 5.92 Å². The summed E-state index contributed by atoms with van der Waals surface area (Å²) >= 11 is 0.944. The Balaban J connectivity index is 2.04. The van der Waals surface area contributed by atoms with Gasteiger partial charge in [0.05, 0.1) is 17.9 Å². The van der Waals surface area contributed by atoms with Gasteiger partial charge in [-0.2, -0.15) is 8.75 Å². The molecule has 0 aliphatic heterocycles. The molecule has 1 aliphatic carbocycles. The lowest BCUT2D eigenvalue weighted by atomic mass is 10.3. The van der Waals surface area contributed by atoms with Gasteiger partial charge in [0.2, 0.25) is 0 Å². The molecule has 1 heterocycles. The topological polar surface area (TPSA) is 83.4 Å². The largest absolute Gasteiger partial charge is 0.480 e. The minimum absolute atomic E-state index is 0.229. The van der Waals surface area contributed by atoms with E-state index in [1.54, 1.807) is 0 Å². The second-order valence-electron chi connectivity index (χ2n) is 3.82. The number of carboxylic acids is 1. The molecule has 0 aromatic carbocycles. The SMILES string of the molecule is O=C(O)CN(CC1CC1)C(=O)c1cnsn1. The fraction of sp³-hybridized carbons (Fsp3) is 0.556. The summed E-state index contributed by atoms with van der Waals surface area (Å²) in [6, 6.07) is 0. The average Bonchev–Trinajstić information content (AvgIpc) is 2.88. The van der Waals surface area contributed by atoms with E-state index in [1.165, 1.54) is 11.1 Å². The van der Waals surface area contributed by atoms with Gasteiger partial charge in [-0.25, -0.2) is 0 Å². The van der Waals surface area contributed by atoms with E-state index in [9.17, 15) is 9.59 Å². The van der Waals surface area contributed by atoms with E-state index in [1.807, 2.05) is 0 Å². The second kappa shape index (κ2) is 4.56. The first kappa shape index (κ1) is 11.0. The molecule has 0 saturated heterocycles. The molecule has 2 rings (SSSR count). The summed E-state index contributed by atoms with van der Waals surface area (Å²) < 4.78 is 7.55. The van der Waals surface area contributed by atoms with Crippen LogP contribution in [-0.4, -0.2) is 43.7 Å². The lowest BCUT2D eigenvalue weighted by Gasteiger charge is -2.18. The Labute approximate surface area is 96.2 Å². The van der Waals surface area contributed by atoms with Crippen molar-refractivity contribution in [1.29, 1.82) is 0 Å². The van der Waals surface area contributed by atoms with Crippen molar-refractivity contribution in [2.45, 2.75) is 12.8 Å². The van der Waals surface area contributed by atoms with Gasteiger partial charge in [0, 0.05) is 6.54 Å². The van der Waals surface area contributed by atoms with Gasteiger partial charge in [-0.05, 0) is 18.8 Å². The minimum Gasteiger partial charge on any atom is -0.480 e. The summed E-state index contributed by atoms with van der Waals surface area (Å²) in [6.07, 6.45) is 3.51. The fourth-order valence-corrected chi connectivity index (χ4v) is 1.82. The second-order valence-corrected chi connectivity index (χ2v) is 4.37. The Morgan fingerprint density at radius 1 is 1.56 bits per heavy atom. The summed E-state index contributed by atoms with van der Waals surface area (Å²) in [4.78, 5) is 23.9. The number of nitrogens with zero attached hydrogens (tertiary/aromatic N) is 3. The normalized spacial score (nSPS) is 14.8. The van der Waals surface area contributed by atoms with E-state index in [2.05, 4.69) is 8.75 Å². The summed E-state index contributed by atoms with van der Waals surface area (Å²) in [5.41, 5.74) is 0.229. The Bertz CT molecular complexity index is 389. The molecular formula is C9H11N3O3S. The molecule has 16 heavy (non-hydrogen) atoms. The number of aliphatic carboxylic acids is 1. The third-order valence-electron chi connectivity index (χ3n) is 2.37. The van der Waals surface area contributed by atoms with Gasteiger partial charge in [0.25, 0.3) is 5.91 Å². The monoisotopic (exact) mass is 241 g/mol. The van der Waals surface area contributed by atoms with E-state index in [4.69, 9.17) is 5.11 Å². The Morgan fingerprint density at radius 3 is 2.81 bits per heavy atom. The first-order chi connectivity index (χ1) is 7.66. The molecule has 86 valence electrons. The van der Waals surface area contributed by atoms with Crippen LogP contribution in [0.3, 0.4) is 0 Å². The van der Waals surface area contributed by atoms with Gasteiger partial charge >= 0.3 is 5.97 Å². The fourth-order valence-electron chi connectivity index (χ4n) is 1.42. The number of hydrogen-bond donors (Lipinski definition) is 1. The maximum absolute atomic E-state index is 11.9. The highest BCUT2D eigenvalue weighted by molar-refractivity contribution is 6.99. The predicted octanol–water partition coefficient (Wildman–Crippen LogP) is 0.475. The third kappa shape index (κ3) is 2.75. The third-order valence-corrected chi connectivity index (χ3v) is 2.85. The molecule has 1 fully saturated rings. The number of carbonyl (C=O) groups excluding carboxylic acids is 1. The molecule has 6 nitrogen and oxygen atoms in total. The molecule has 1 N–H and O–H groups in total. The molecule has 0 spiro atoms. The van der Waals surface area contributed by atoms with Crippen molar-refractivity contribution in [3.63, 3.8) is 0 Å². The van der Waals surface area contributed by atoms with Crippen LogP contribution in [0.1, 0.15) is 23.3 Å². The van der Waals surface area contributed by atoms with Crippen LogP contribution in [0.4, 0.5) is 0 Å². The van der Waals surface area contributed by atoms with Crippen LogP contribution in [0.25, 0.3) is 0 Å². The van der Waals surface area contributed by atoms with Crippen LogP contribution in [0.2, 0.25) is 0 Å². The lowest BCUT2D eigenvalue weighted by molar-refractivity contribution is -0.137. The van der Waals surface area contributed by atoms with Crippen molar-refractivity contribution in [1.82, 2.24) is 13.6 Å². The zero-order valence-electron chi connectivity index (χ0n) is 8.50. The number of hydrogen-bond acceptors (Lipinski definition) is 5. The van der Waals surface area contributed by atoms with E-state index in [-0.39, 0.29) is 18.1 Å². The van der Waals surface area contributed by atoms with Crippen LogP contribution < -0.4 is 0 Å². The number of aromatic nitrogens is 2. The maximum Gasteiger partial charge on any atom is 0.323 e. The molecule has 7 heteroatoms. The summed E-state index contributed by atoms with van der Waals surface area (Å²) in [6.45, 7) is 0.232. The zero-order valence-corrected chi connectivity index (χ0v) is 9.31. The molecule has 1 amide bonds. The summed E-state index contributed by atoms with van der Waals surface area (Å²) in [7, 11) is 0. The van der Waals surface area contributed by atoms with Crippen LogP contribution in [0.15, 0.2) is 6.20 Å². The van der Waals surface area contributed by atoms with E-state index >= 15 is 0 Å². The van der Waals surface area contributed by atoms with E-state index < -0.39 is 5.97 Å². The number of rotatable bonds is 5. The standard InChI is InChI=1S/C9H11N3O3S/c13-8(14)5-12(4-6-1-2-6)9(15)7-3-10-16-11-7/h3,6H,1-2,4-5H2,(H,13,14). The van der Waals surface area contributed by atoms with Crippen molar-refractivity contribution >= 4 is 23.6 Å². The van der Waals surface area contributed by atoms with Crippen LogP contribution in [0.5, 0.6) is 0 Å². The molecule has 1 saturated carbocycles. The smallest absolute Gasteiger partial charge is 0.323 e. The molecular weight excluding hydrogens is 230 g/mol. The summed E-state index contributed by atoms with van der Waals surface area (Å²) in [5.74, 6) is -0.893. The molecule has 1 aliphatic rings. The van der Waals surface area contributed by atoms with Crippen molar-refractivity contribution < 1.29 is 14.7 Å². The molecule has 0 radical (unpaired) electrons. The van der Waals surface area contributed by atoms with Gasteiger partial charge in [-0.1, -0.05) is 0 Å². The van der Waals surface area contributed by atoms with Gasteiger partial charge in [0.1, 0.15) is 6.54 Å². The predicted molar refractivity (Wildman–Crippen MR) is 56.2 cm³/mol. The molecule has 0 atom stereocenters. The van der Waals surface area contributed by atoms with Gasteiger partial charge in [0.15, 0.2) is 5.69 Å². The molecule has 0 bridgehead atoms. The van der Waals surface area contributed by atoms with Crippen molar-refractivity contribution in [2.24, 2.45) is 5.92 Å². The molecule has 0 unspecified atom stereocenters. The van der Waals surface area contributed by atoms with Crippen LogP contribution >= 0.6 is 11.7 Å².